The zero-order valence-electron chi connectivity index (χ0n) is 19.2. The zero-order chi connectivity index (χ0) is 23.9. The van der Waals surface area contributed by atoms with Crippen LogP contribution in [0.25, 0.3) is 6.08 Å². The van der Waals surface area contributed by atoms with E-state index in [4.69, 9.17) is 4.74 Å². The maximum Gasteiger partial charge on any atom is 0.253 e. The molecule has 176 valence electrons. The first kappa shape index (κ1) is 24.0. The lowest BCUT2D eigenvalue weighted by molar-refractivity contribution is -0.111. The molecule has 1 aromatic heterocycles. The van der Waals surface area contributed by atoms with Gasteiger partial charge in [0.25, 0.3) is 5.91 Å². The van der Waals surface area contributed by atoms with Gasteiger partial charge >= 0.3 is 0 Å². The molecule has 1 aliphatic rings. The van der Waals surface area contributed by atoms with Crippen LogP contribution in [0.5, 0.6) is 5.75 Å². The molecule has 0 radical (unpaired) electrons. The van der Waals surface area contributed by atoms with E-state index in [-0.39, 0.29) is 11.8 Å². The topological polar surface area (TPSA) is 71.5 Å². The SMILES string of the molecule is Cc1nc(COc2ccccc2C=CC(=O)Nc2ccc(C(=O)N3CCSCC3)cc2C)cs1. The highest BCUT2D eigenvalue weighted by Crippen LogP contribution is 2.22. The lowest BCUT2D eigenvalue weighted by atomic mass is 10.1. The standard InChI is InChI=1S/C26H27N3O3S2/c1-18-15-21(26(31)29-11-13-33-14-12-29)7-9-23(18)28-25(30)10-8-20-5-3-4-6-24(20)32-16-22-17-34-19(2)27-22/h3-10,15,17H,11-14,16H2,1-2H3,(H,28,30). The quantitative estimate of drug-likeness (QED) is 0.459. The lowest BCUT2D eigenvalue weighted by Gasteiger charge is -2.26. The van der Waals surface area contributed by atoms with E-state index >= 15 is 0 Å². The fourth-order valence-corrected chi connectivity index (χ4v) is 5.10. The van der Waals surface area contributed by atoms with Crippen molar-refractivity contribution in [1.82, 2.24) is 9.88 Å². The number of nitrogens with zero attached hydrogens (tertiary/aromatic N) is 2. The molecule has 2 amide bonds. The summed E-state index contributed by atoms with van der Waals surface area (Å²) in [4.78, 5) is 31.6. The van der Waals surface area contributed by atoms with Gasteiger partial charge in [0, 0.05) is 52.9 Å². The van der Waals surface area contributed by atoms with Crippen LogP contribution in [0.2, 0.25) is 0 Å². The van der Waals surface area contributed by atoms with Crippen LogP contribution in [0.15, 0.2) is 53.9 Å². The number of amides is 2. The van der Waals surface area contributed by atoms with Crippen LogP contribution in [0.1, 0.15) is 32.2 Å². The predicted octanol–water partition coefficient (Wildman–Crippen LogP) is 5.18. The number of hydrogen-bond acceptors (Lipinski definition) is 6. The van der Waals surface area contributed by atoms with Crippen LogP contribution in [0.4, 0.5) is 5.69 Å². The molecule has 0 saturated carbocycles. The molecule has 1 N–H and O–H groups in total. The van der Waals surface area contributed by atoms with Gasteiger partial charge in [-0.25, -0.2) is 4.98 Å². The summed E-state index contributed by atoms with van der Waals surface area (Å²) < 4.78 is 5.92. The Labute approximate surface area is 208 Å². The number of para-hydroxylation sites is 1. The van der Waals surface area contributed by atoms with E-state index in [1.807, 2.05) is 66.2 Å². The molecule has 8 heteroatoms. The third-order valence-corrected chi connectivity index (χ3v) is 7.17. The van der Waals surface area contributed by atoms with Crippen LogP contribution in [0, 0.1) is 13.8 Å². The molecule has 0 bridgehead atoms. The summed E-state index contributed by atoms with van der Waals surface area (Å²) in [6.45, 7) is 5.79. The number of benzene rings is 2. The molecule has 6 nitrogen and oxygen atoms in total. The second kappa shape index (κ2) is 11.4. The zero-order valence-corrected chi connectivity index (χ0v) is 20.9. The van der Waals surface area contributed by atoms with Crippen molar-refractivity contribution in [3.05, 3.63) is 81.3 Å². The van der Waals surface area contributed by atoms with Gasteiger partial charge in [0.05, 0.1) is 10.7 Å². The van der Waals surface area contributed by atoms with Crippen molar-refractivity contribution in [3.63, 3.8) is 0 Å². The van der Waals surface area contributed by atoms with E-state index in [1.54, 1.807) is 29.5 Å². The van der Waals surface area contributed by atoms with Crippen LogP contribution >= 0.6 is 23.1 Å². The highest BCUT2D eigenvalue weighted by molar-refractivity contribution is 7.99. The summed E-state index contributed by atoms with van der Waals surface area (Å²) in [5.74, 6) is 2.44. The summed E-state index contributed by atoms with van der Waals surface area (Å²) in [7, 11) is 0. The molecule has 0 atom stereocenters. The van der Waals surface area contributed by atoms with Gasteiger partial charge in [-0.1, -0.05) is 18.2 Å². The lowest BCUT2D eigenvalue weighted by Crippen LogP contribution is -2.37. The van der Waals surface area contributed by atoms with Crippen molar-refractivity contribution in [3.8, 4) is 5.75 Å². The molecule has 0 aliphatic carbocycles. The minimum Gasteiger partial charge on any atom is -0.487 e. The third kappa shape index (κ3) is 6.27. The highest BCUT2D eigenvalue weighted by Gasteiger charge is 2.19. The largest absolute Gasteiger partial charge is 0.487 e. The van der Waals surface area contributed by atoms with E-state index in [1.165, 1.54) is 6.08 Å². The number of ether oxygens (including phenoxy) is 1. The van der Waals surface area contributed by atoms with Crippen molar-refractivity contribution in [2.24, 2.45) is 0 Å². The number of aryl methyl sites for hydroxylation is 2. The number of rotatable bonds is 7. The molecule has 3 aromatic rings. The molecule has 1 saturated heterocycles. The Balaban J connectivity index is 1.38. The monoisotopic (exact) mass is 493 g/mol. The number of carbonyl (C=O) groups excluding carboxylic acids is 2. The molecule has 0 spiro atoms. The summed E-state index contributed by atoms with van der Waals surface area (Å²) in [5, 5.41) is 5.88. The first-order valence-corrected chi connectivity index (χ1v) is 13.1. The van der Waals surface area contributed by atoms with Gasteiger partial charge in [-0.2, -0.15) is 11.8 Å². The average Bonchev–Trinajstić information content (AvgIpc) is 3.28. The number of carbonyl (C=O) groups is 2. The predicted molar refractivity (Wildman–Crippen MR) is 140 cm³/mol. The molecule has 1 fully saturated rings. The number of hydrogen-bond donors (Lipinski definition) is 1. The molecular formula is C26H27N3O3S2. The molecular weight excluding hydrogens is 466 g/mol. The first-order chi connectivity index (χ1) is 16.5. The van der Waals surface area contributed by atoms with Crippen molar-refractivity contribution < 1.29 is 14.3 Å². The van der Waals surface area contributed by atoms with Crippen molar-refractivity contribution in [2.45, 2.75) is 20.5 Å². The van der Waals surface area contributed by atoms with E-state index in [0.29, 0.717) is 23.6 Å². The van der Waals surface area contributed by atoms with Gasteiger partial charge in [-0.05, 0) is 49.8 Å². The maximum absolute atomic E-state index is 12.7. The van der Waals surface area contributed by atoms with Gasteiger partial charge < -0.3 is 15.0 Å². The van der Waals surface area contributed by atoms with E-state index in [0.717, 1.165) is 46.4 Å². The molecule has 2 aromatic carbocycles. The van der Waals surface area contributed by atoms with Crippen LogP contribution in [-0.2, 0) is 11.4 Å². The van der Waals surface area contributed by atoms with Crippen LogP contribution < -0.4 is 10.1 Å². The number of thiazole rings is 1. The molecule has 34 heavy (non-hydrogen) atoms. The Morgan fingerprint density at radius 2 is 1.94 bits per heavy atom. The fourth-order valence-electron chi connectivity index (χ4n) is 3.60. The molecule has 0 unspecified atom stereocenters. The number of nitrogens with one attached hydrogen (secondary N) is 1. The van der Waals surface area contributed by atoms with Gasteiger partial charge in [0.1, 0.15) is 12.4 Å². The molecule has 1 aliphatic heterocycles. The van der Waals surface area contributed by atoms with Crippen LogP contribution in [0.3, 0.4) is 0 Å². The van der Waals surface area contributed by atoms with Gasteiger partial charge in [0.15, 0.2) is 0 Å². The van der Waals surface area contributed by atoms with Gasteiger partial charge in [-0.15, -0.1) is 11.3 Å². The third-order valence-electron chi connectivity index (χ3n) is 5.40. The van der Waals surface area contributed by atoms with E-state index in [9.17, 15) is 9.59 Å². The number of thioether (sulfide) groups is 1. The fraction of sp³-hybridized carbons (Fsp3) is 0.269. The summed E-state index contributed by atoms with van der Waals surface area (Å²) >= 11 is 3.46. The Morgan fingerprint density at radius 1 is 1.15 bits per heavy atom. The van der Waals surface area contributed by atoms with E-state index in [2.05, 4.69) is 10.3 Å². The highest BCUT2D eigenvalue weighted by atomic mass is 32.2. The second-order valence-electron chi connectivity index (χ2n) is 7.94. The summed E-state index contributed by atoms with van der Waals surface area (Å²) in [5.41, 5.74) is 3.88. The summed E-state index contributed by atoms with van der Waals surface area (Å²) in [6, 6.07) is 13.0. The number of aromatic nitrogens is 1. The van der Waals surface area contributed by atoms with Crippen molar-refractivity contribution in [2.75, 3.05) is 29.9 Å². The van der Waals surface area contributed by atoms with Gasteiger partial charge in [0.2, 0.25) is 5.91 Å². The Hall–Kier alpha value is -3.10. The average molecular weight is 494 g/mol. The summed E-state index contributed by atoms with van der Waals surface area (Å²) in [6.07, 6.45) is 3.22. The smallest absolute Gasteiger partial charge is 0.253 e. The van der Waals surface area contributed by atoms with Crippen molar-refractivity contribution in [1.29, 1.82) is 0 Å². The molecule has 2 heterocycles. The Kier molecular flexibility index (Phi) is 8.03. The minimum atomic E-state index is -0.250. The number of anilines is 1. The second-order valence-corrected chi connectivity index (χ2v) is 10.2. The minimum absolute atomic E-state index is 0.0468. The normalized spacial score (nSPS) is 13.8. The van der Waals surface area contributed by atoms with E-state index < -0.39 is 0 Å². The van der Waals surface area contributed by atoms with Gasteiger partial charge in [-0.3, -0.25) is 9.59 Å². The maximum atomic E-state index is 12.7. The first-order valence-electron chi connectivity index (χ1n) is 11.1. The Morgan fingerprint density at radius 3 is 2.68 bits per heavy atom. The van der Waals surface area contributed by atoms with Crippen molar-refractivity contribution >= 4 is 46.7 Å². The molecule has 4 rings (SSSR count). The van der Waals surface area contributed by atoms with Crippen LogP contribution in [-0.4, -0.2) is 46.3 Å². The Bertz CT molecular complexity index is 1200.